The van der Waals surface area contributed by atoms with Gasteiger partial charge in [-0.25, -0.2) is 4.99 Å². The monoisotopic (exact) mass is 252 g/mol. The molecule has 94 valence electrons. The van der Waals surface area contributed by atoms with Gasteiger partial charge in [0.25, 0.3) is 5.91 Å². The van der Waals surface area contributed by atoms with E-state index in [-0.39, 0.29) is 5.91 Å². The van der Waals surface area contributed by atoms with Gasteiger partial charge in [0.15, 0.2) is 0 Å². The molecule has 0 atom stereocenters. The molecule has 0 spiro atoms. The summed E-state index contributed by atoms with van der Waals surface area (Å²) >= 11 is 0. The smallest absolute Gasteiger partial charge is 0.257 e. The number of methoxy groups -OCH3 is 1. The van der Waals surface area contributed by atoms with Crippen LogP contribution in [-0.4, -0.2) is 18.9 Å². The highest BCUT2D eigenvalue weighted by molar-refractivity contribution is 6.23. The Labute approximate surface area is 110 Å². The predicted molar refractivity (Wildman–Crippen MR) is 73.1 cm³/mol. The van der Waals surface area contributed by atoms with Crippen LogP contribution in [0.1, 0.15) is 15.9 Å². The van der Waals surface area contributed by atoms with Crippen molar-refractivity contribution in [2.75, 3.05) is 7.11 Å². The fourth-order valence-corrected chi connectivity index (χ4v) is 2.00. The quantitative estimate of drug-likeness (QED) is 0.892. The molecule has 1 amide bonds. The first-order valence-corrected chi connectivity index (χ1v) is 5.91. The van der Waals surface area contributed by atoms with E-state index < -0.39 is 0 Å². The van der Waals surface area contributed by atoms with Gasteiger partial charge in [-0.1, -0.05) is 18.2 Å². The SMILES string of the molecule is COc1ccc(N=C2NC(=O)c3ccccc32)cc1. The van der Waals surface area contributed by atoms with E-state index in [0.29, 0.717) is 11.4 Å². The fraction of sp³-hybridized carbons (Fsp3) is 0.0667. The molecule has 0 unspecified atom stereocenters. The van der Waals surface area contributed by atoms with Gasteiger partial charge in [-0.15, -0.1) is 0 Å². The van der Waals surface area contributed by atoms with Crippen LogP contribution in [0.25, 0.3) is 0 Å². The highest BCUT2D eigenvalue weighted by atomic mass is 16.5. The normalized spacial score (nSPS) is 15.2. The van der Waals surface area contributed by atoms with E-state index in [1.54, 1.807) is 13.2 Å². The molecule has 0 saturated heterocycles. The summed E-state index contributed by atoms with van der Waals surface area (Å²) in [7, 11) is 1.62. The van der Waals surface area contributed by atoms with Crippen LogP contribution in [0.15, 0.2) is 53.5 Å². The molecule has 4 heteroatoms. The molecule has 1 N–H and O–H groups in total. The zero-order valence-corrected chi connectivity index (χ0v) is 10.4. The van der Waals surface area contributed by atoms with Crippen LogP contribution in [0.4, 0.5) is 5.69 Å². The highest BCUT2D eigenvalue weighted by Crippen LogP contribution is 2.21. The lowest BCUT2D eigenvalue weighted by atomic mass is 10.1. The van der Waals surface area contributed by atoms with E-state index >= 15 is 0 Å². The third-order valence-corrected chi connectivity index (χ3v) is 2.97. The number of carbonyl (C=O) groups excluding carboxylic acids is 1. The molecular formula is C15H12N2O2. The van der Waals surface area contributed by atoms with E-state index in [1.165, 1.54) is 0 Å². The molecule has 0 radical (unpaired) electrons. The summed E-state index contributed by atoms with van der Waals surface area (Å²) in [6.45, 7) is 0. The summed E-state index contributed by atoms with van der Waals surface area (Å²) in [6.07, 6.45) is 0. The number of fused-ring (bicyclic) bond motifs is 1. The lowest BCUT2D eigenvalue weighted by molar-refractivity contribution is 0.0983. The van der Waals surface area contributed by atoms with Crippen LogP contribution >= 0.6 is 0 Å². The van der Waals surface area contributed by atoms with Gasteiger partial charge in [0.05, 0.1) is 18.4 Å². The maximum Gasteiger partial charge on any atom is 0.257 e. The van der Waals surface area contributed by atoms with Crippen molar-refractivity contribution in [2.24, 2.45) is 4.99 Å². The number of benzene rings is 2. The van der Waals surface area contributed by atoms with Gasteiger partial charge in [0.2, 0.25) is 0 Å². The summed E-state index contributed by atoms with van der Waals surface area (Å²) < 4.78 is 5.09. The number of hydrogen-bond acceptors (Lipinski definition) is 3. The molecule has 3 rings (SSSR count). The molecule has 1 heterocycles. The minimum atomic E-state index is -0.108. The molecule has 0 aromatic heterocycles. The highest BCUT2D eigenvalue weighted by Gasteiger charge is 2.23. The number of nitrogens with zero attached hydrogens (tertiary/aromatic N) is 1. The minimum absolute atomic E-state index is 0.108. The topological polar surface area (TPSA) is 50.7 Å². The maximum atomic E-state index is 11.8. The second-order valence-electron chi connectivity index (χ2n) is 4.16. The zero-order valence-electron chi connectivity index (χ0n) is 10.4. The number of ether oxygens (including phenoxy) is 1. The number of nitrogens with one attached hydrogen (secondary N) is 1. The summed E-state index contributed by atoms with van der Waals surface area (Å²) in [4.78, 5) is 16.2. The van der Waals surface area contributed by atoms with Gasteiger partial charge in [-0.3, -0.25) is 4.79 Å². The van der Waals surface area contributed by atoms with Crippen molar-refractivity contribution in [3.63, 3.8) is 0 Å². The summed E-state index contributed by atoms with van der Waals surface area (Å²) in [5, 5.41) is 2.78. The fourth-order valence-electron chi connectivity index (χ4n) is 2.00. The zero-order chi connectivity index (χ0) is 13.2. The van der Waals surface area contributed by atoms with E-state index in [1.807, 2.05) is 42.5 Å². The number of hydrogen-bond donors (Lipinski definition) is 1. The Kier molecular flexibility index (Phi) is 2.76. The van der Waals surface area contributed by atoms with Crippen molar-refractivity contribution in [1.82, 2.24) is 5.32 Å². The number of amides is 1. The summed E-state index contributed by atoms with van der Waals surface area (Å²) in [5.74, 6) is 1.26. The molecule has 0 bridgehead atoms. The first-order valence-electron chi connectivity index (χ1n) is 5.91. The number of amidine groups is 1. The van der Waals surface area contributed by atoms with Crippen molar-refractivity contribution in [3.8, 4) is 5.75 Å². The molecule has 1 aliphatic rings. The Balaban J connectivity index is 1.98. The first kappa shape index (κ1) is 11.5. The number of aliphatic imine (C=N–C) groups is 1. The summed E-state index contributed by atoms with van der Waals surface area (Å²) in [6, 6.07) is 14.8. The maximum absolute atomic E-state index is 11.8. The molecular weight excluding hydrogens is 240 g/mol. The molecule has 19 heavy (non-hydrogen) atoms. The molecule has 4 nitrogen and oxygen atoms in total. The van der Waals surface area contributed by atoms with Crippen LogP contribution in [0, 0.1) is 0 Å². The Bertz CT molecular complexity index is 660. The van der Waals surface area contributed by atoms with Gasteiger partial charge >= 0.3 is 0 Å². The Morgan fingerprint density at radius 1 is 1.00 bits per heavy atom. The molecule has 2 aromatic carbocycles. The average Bonchev–Trinajstić information content (AvgIpc) is 2.77. The second-order valence-corrected chi connectivity index (χ2v) is 4.16. The average molecular weight is 252 g/mol. The lowest BCUT2D eigenvalue weighted by Crippen LogP contribution is -2.21. The standard InChI is InChI=1S/C15H12N2O2/c1-19-11-8-6-10(7-9-11)16-14-12-4-2-3-5-13(12)15(18)17-14/h2-9H,1H3,(H,16,17,18). The second kappa shape index (κ2) is 4.57. The van der Waals surface area contributed by atoms with Gasteiger partial charge in [-0.05, 0) is 30.3 Å². The third-order valence-electron chi connectivity index (χ3n) is 2.97. The van der Waals surface area contributed by atoms with E-state index in [9.17, 15) is 4.79 Å². The van der Waals surface area contributed by atoms with Crippen molar-refractivity contribution in [1.29, 1.82) is 0 Å². The molecule has 0 saturated carbocycles. The molecule has 1 aliphatic heterocycles. The minimum Gasteiger partial charge on any atom is -0.497 e. The van der Waals surface area contributed by atoms with Gasteiger partial charge < -0.3 is 10.1 Å². The van der Waals surface area contributed by atoms with Crippen molar-refractivity contribution >= 4 is 17.4 Å². The molecule has 0 fully saturated rings. The molecule has 2 aromatic rings. The Morgan fingerprint density at radius 2 is 1.68 bits per heavy atom. The van der Waals surface area contributed by atoms with Gasteiger partial charge in [0.1, 0.15) is 11.6 Å². The number of rotatable bonds is 2. The largest absolute Gasteiger partial charge is 0.497 e. The predicted octanol–water partition coefficient (Wildman–Crippen LogP) is 2.52. The van der Waals surface area contributed by atoms with Crippen LogP contribution < -0.4 is 10.1 Å². The van der Waals surface area contributed by atoms with Crippen molar-refractivity contribution in [2.45, 2.75) is 0 Å². The Morgan fingerprint density at radius 3 is 2.37 bits per heavy atom. The van der Waals surface area contributed by atoms with Crippen molar-refractivity contribution in [3.05, 3.63) is 59.7 Å². The Hall–Kier alpha value is -2.62. The van der Waals surface area contributed by atoms with Crippen LogP contribution in [0.2, 0.25) is 0 Å². The third kappa shape index (κ3) is 2.08. The van der Waals surface area contributed by atoms with Gasteiger partial charge in [0, 0.05) is 5.56 Å². The first-order chi connectivity index (χ1) is 9.28. The van der Waals surface area contributed by atoms with E-state index in [4.69, 9.17) is 4.74 Å². The molecule has 0 aliphatic carbocycles. The van der Waals surface area contributed by atoms with Crippen LogP contribution in [0.3, 0.4) is 0 Å². The van der Waals surface area contributed by atoms with Crippen LogP contribution in [0.5, 0.6) is 5.75 Å². The van der Waals surface area contributed by atoms with E-state index in [2.05, 4.69) is 10.3 Å². The summed E-state index contributed by atoms with van der Waals surface area (Å²) in [5.41, 5.74) is 2.27. The lowest BCUT2D eigenvalue weighted by Gasteiger charge is -2.01. The van der Waals surface area contributed by atoms with Gasteiger partial charge in [-0.2, -0.15) is 0 Å². The van der Waals surface area contributed by atoms with E-state index in [0.717, 1.165) is 17.0 Å². The van der Waals surface area contributed by atoms with Crippen molar-refractivity contribution < 1.29 is 9.53 Å². The van der Waals surface area contributed by atoms with Crippen LogP contribution in [-0.2, 0) is 0 Å². The number of carbonyl (C=O) groups is 1.